The first-order valence-corrected chi connectivity index (χ1v) is 5.86. The largest absolute Gasteiger partial charge is 0.478 e. The van der Waals surface area contributed by atoms with Gasteiger partial charge in [0, 0.05) is 6.20 Å². The van der Waals surface area contributed by atoms with Crippen LogP contribution < -0.4 is 0 Å². The molecule has 19 heavy (non-hydrogen) atoms. The van der Waals surface area contributed by atoms with E-state index in [9.17, 15) is 4.79 Å². The number of carboxylic acid groups (broad SMARTS) is 1. The van der Waals surface area contributed by atoms with Gasteiger partial charge in [0.05, 0.1) is 21.6 Å². The molecule has 0 fully saturated rings. The van der Waals surface area contributed by atoms with Crippen molar-refractivity contribution in [2.45, 2.75) is 0 Å². The van der Waals surface area contributed by atoms with Crippen LogP contribution in [0.3, 0.4) is 0 Å². The van der Waals surface area contributed by atoms with Gasteiger partial charge in [0.15, 0.2) is 5.82 Å². The maximum atomic E-state index is 11.1. The van der Waals surface area contributed by atoms with E-state index in [1.807, 2.05) is 24.3 Å². The van der Waals surface area contributed by atoms with Crippen molar-refractivity contribution in [3.8, 4) is 5.82 Å². The predicted molar refractivity (Wildman–Crippen MR) is 70.8 cm³/mol. The van der Waals surface area contributed by atoms with Crippen LogP contribution in [0.2, 0.25) is 5.02 Å². The highest BCUT2D eigenvalue weighted by Gasteiger charge is 2.15. The molecule has 1 aromatic carbocycles. The van der Waals surface area contributed by atoms with Crippen LogP contribution in [-0.2, 0) is 0 Å². The van der Waals surface area contributed by atoms with Gasteiger partial charge in [0.1, 0.15) is 6.33 Å². The summed E-state index contributed by atoms with van der Waals surface area (Å²) in [5.74, 6) is -0.728. The highest BCUT2D eigenvalue weighted by atomic mass is 35.5. The summed E-state index contributed by atoms with van der Waals surface area (Å²) in [6.45, 7) is 0. The lowest BCUT2D eigenvalue weighted by Crippen LogP contribution is -2.03. The van der Waals surface area contributed by atoms with Crippen LogP contribution in [0.4, 0.5) is 0 Å². The van der Waals surface area contributed by atoms with Crippen LogP contribution in [0.1, 0.15) is 10.4 Å². The molecule has 6 heteroatoms. The van der Waals surface area contributed by atoms with Gasteiger partial charge in [-0.1, -0.05) is 23.7 Å². The third-order valence-electron chi connectivity index (χ3n) is 2.78. The first-order chi connectivity index (χ1) is 9.18. The van der Waals surface area contributed by atoms with Crippen molar-refractivity contribution >= 4 is 28.6 Å². The standard InChI is InChI=1S/C13H8ClN3O2/c14-11-8(13(18)19)5-6-15-12(11)17-7-16-9-3-1-2-4-10(9)17/h1-7H,(H,18,19). The molecule has 0 amide bonds. The SMILES string of the molecule is O=C(O)c1ccnc(-n2cnc3ccccc32)c1Cl. The zero-order valence-electron chi connectivity index (χ0n) is 9.62. The molecule has 0 saturated carbocycles. The Hall–Kier alpha value is -2.40. The molecule has 3 aromatic rings. The van der Waals surface area contributed by atoms with Crippen molar-refractivity contribution < 1.29 is 9.90 Å². The van der Waals surface area contributed by atoms with Crippen LogP contribution in [0, 0.1) is 0 Å². The number of para-hydroxylation sites is 2. The number of hydrogen-bond acceptors (Lipinski definition) is 3. The van der Waals surface area contributed by atoms with Crippen LogP contribution in [0.5, 0.6) is 0 Å². The highest BCUT2D eigenvalue weighted by Crippen LogP contribution is 2.25. The topological polar surface area (TPSA) is 68.0 Å². The second-order valence-corrected chi connectivity index (χ2v) is 4.28. The van der Waals surface area contributed by atoms with E-state index in [0.717, 1.165) is 11.0 Å². The van der Waals surface area contributed by atoms with E-state index in [1.54, 1.807) is 10.9 Å². The molecular weight excluding hydrogens is 266 g/mol. The molecule has 0 spiro atoms. The summed E-state index contributed by atoms with van der Waals surface area (Å²) in [7, 11) is 0. The van der Waals surface area contributed by atoms with Gasteiger partial charge in [-0.05, 0) is 18.2 Å². The van der Waals surface area contributed by atoms with Crippen LogP contribution in [0.25, 0.3) is 16.9 Å². The summed E-state index contributed by atoms with van der Waals surface area (Å²) in [4.78, 5) is 19.4. The number of benzene rings is 1. The molecule has 94 valence electrons. The predicted octanol–water partition coefficient (Wildman–Crippen LogP) is 2.77. The fraction of sp³-hybridized carbons (Fsp3) is 0. The summed E-state index contributed by atoms with van der Waals surface area (Å²) in [6, 6.07) is 8.85. The van der Waals surface area contributed by atoms with Gasteiger partial charge in [-0.25, -0.2) is 14.8 Å². The van der Waals surface area contributed by atoms with Crippen molar-refractivity contribution in [2.75, 3.05) is 0 Å². The Morgan fingerprint density at radius 2 is 2.00 bits per heavy atom. The van der Waals surface area contributed by atoms with Crippen LogP contribution >= 0.6 is 11.6 Å². The van der Waals surface area contributed by atoms with Gasteiger partial charge in [0.2, 0.25) is 0 Å². The van der Waals surface area contributed by atoms with Gasteiger partial charge in [-0.3, -0.25) is 4.57 Å². The molecule has 0 aliphatic carbocycles. The molecule has 0 unspecified atom stereocenters. The van der Waals surface area contributed by atoms with E-state index in [-0.39, 0.29) is 10.6 Å². The Bertz CT molecular complexity index is 782. The molecule has 2 aromatic heterocycles. The van der Waals surface area contributed by atoms with Crippen molar-refractivity contribution in [1.29, 1.82) is 0 Å². The number of carbonyl (C=O) groups is 1. The van der Waals surface area contributed by atoms with Crippen LogP contribution in [-0.4, -0.2) is 25.6 Å². The monoisotopic (exact) mass is 273 g/mol. The molecule has 3 rings (SSSR count). The number of carboxylic acids is 1. The molecule has 0 atom stereocenters. The summed E-state index contributed by atoms with van der Waals surface area (Å²) < 4.78 is 1.67. The van der Waals surface area contributed by atoms with E-state index >= 15 is 0 Å². The molecule has 0 aliphatic rings. The number of pyridine rings is 1. The summed E-state index contributed by atoms with van der Waals surface area (Å²) in [5.41, 5.74) is 1.63. The van der Waals surface area contributed by atoms with Crippen molar-refractivity contribution in [3.05, 3.63) is 53.4 Å². The Labute approximate surface area is 113 Å². The minimum Gasteiger partial charge on any atom is -0.478 e. The third kappa shape index (κ3) is 1.84. The zero-order chi connectivity index (χ0) is 13.4. The number of imidazole rings is 1. The number of nitrogens with zero attached hydrogens (tertiary/aromatic N) is 3. The van der Waals surface area contributed by atoms with Gasteiger partial charge in [-0.2, -0.15) is 0 Å². The number of aromatic carboxylic acids is 1. The second-order valence-electron chi connectivity index (χ2n) is 3.90. The first kappa shape index (κ1) is 11.7. The summed E-state index contributed by atoms with van der Waals surface area (Å²) in [6.07, 6.45) is 2.99. The second kappa shape index (κ2) is 4.37. The maximum Gasteiger partial charge on any atom is 0.337 e. The maximum absolute atomic E-state index is 11.1. The molecule has 1 N–H and O–H groups in total. The number of aromatic nitrogens is 3. The Balaban J connectivity index is 2.28. The number of halogens is 1. The zero-order valence-corrected chi connectivity index (χ0v) is 10.4. The molecule has 0 saturated heterocycles. The Kier molecular flexibility index (Phi) is 2.68. The summed E-state index contributed by atoms with van der Waals surface area (Å²) >= 11 is 6.10. The van der Waals surface area contributed by atoms with Gasteiger partial charge < -0.3 is 5.11 Å². The lowest BCUT2D eigenvalue weighted by atomic mass is 10.2. The minimum absolute atomic E-state index is 0.0180. The molecule has 0 aliphatic heterocycles. The third-order valence-corrected chi connectivity index (χ3v) is 3.16. The lowest BCUT2D eigenvalue weighted by molar-refractivity contribution is 0.0697. The fourth-order valence-electron chi connectivity index (χ4n) is 1.89. The van der Waals surface area contributed by atoms with E-state index in [4.69, 9.17) is 16.7 Å². The van der Waals surface area contributed by atoms with Gasteiger partial charge in [-0.15, -0.1) is 0 Å². The van der Waals surface area contributed by atoms with Crippen molar-refractivity contribution in [2.24, 2.45) is 0 Å². The molecule has 0 bridgehead atoms. The number of rotatable bonds is 2. The highest BCUT2D eigenvalue weighted by molar-refractivity contribution is 6.35. The molecule has 0 radical (unpaired) electrons. The van der Waals surface area contributed by atoms with E-state index in [2.05, 4.69) is 9.97 Å². The van der Waals surface area contributed by atoms with Gasteiger partial charge >= 0.3 is 5.97 Å². The van der Waals surface area contributed by atoms with E-state index < -0.39 is 5.97 Å². The smallest absolute Gasteiger partial charge is 0.337 e. The van der Waals surface area contributed by atoms with Crippen molar-refractivity contribution in [3.63, 3.8) is 0 Å². The summed E-state index contributed by atoms with van der Waals surface area (Å²) in [5, 5.41) is 9.16. The Morgan fingerprint density at radius 3 is 2.79 bits per heavy atom. The quantitative estimate of drug-likeness (QED) is 0.779. The Morgan fingerprint density at radius 1 is 1.21 bits per heavy atom. The lowest BCUT2D eigenvalue weighted by Gasteiger charge is -2.07. The molecule has 2 heterocycles. The number of fused-ring (bicyclic) bond motifs is 1. The fourth-order valence-corrected chi connectivity index (χ4v) is 2.18. The first-order valence-electron chi connectivity index (χ1n) is 5.49. The van der Waals surface area contributed by atoms with Crippen LogP contribution in [0.15, 0.2) is 42.9 Å². The van der Waals surface area contributed by atoms with Crippen molar-refractivity contribution in [1.82, 2.24) is 14.5 Å². The van der Waals surface area contributed by atoms with E-state index in [0.29, 0.717) is 5.82 Å². The normalized spacial score (nSPS) is 10.8. The van der Waals surface area contributed by atoms with E-state index in [1.165, 1.54) is 12.3 Å². The minimum atomic E-state index is -1.09. The molecule has 5 nitrogen and oxygen atoms in total. The average molecular weight is 274 g/mol. The number of hydrogen-bond donors (Lipinski definition) is 1. The average Bonchev–Trinajstić information content (AvgIpc) is 2.82. The van der Waals surface area contributed by atoms with Gasteiger partial charge in [0.25, 0.3) is 0 Å². The molecular formula is C13H8ClN3O2.